The van der Waals surface area contributed by atoms with Crippen LogP contribution < -0.4 is 0 Å². The zero-order chi connectivity index (χ0) is 11.5. The summed E-state index contributed by atoms with van der Waals surface area (Å²) in [5.41, 5.74) is -0.217. The summed E-state index contributed by atoms with van der Waals surface area (Å²) < 4.78 is 5.69. The molecule has 1 atom stereocenters. The van der Waals surface area contributed by atoms with Crippen molar-refractivity contribution in [2.75, 3.05) is 13.1 Å². The highest BCUT2D eigenvalue weighted by Crippen LogP contribution is 2.21. The Morgan fingerprint density at radius 3 is 2.73 bits per heavy atom. The van der Waals surface area contributed by atoms with Gasteiger partial charge in [0.2, 0.25) is 0 Å². The normalized spacial score (nSPS) is 22.3. The standard InChI is InChI=1S/C12H21NO2/c1-10(15-12(2,3)4)13-7-5-6-11(8-13)9-14/h9,11H,1,5-8H2,2-4H3. The van der Waals surface area contributed by atoms with E-state index in [0.717, 1.165) is 32.2 Å². The van der Waals surface area contributed by atoms with E-state index < -0.39 is 0 Å². The van der Waals surface area contributed by atoms with Crippen molar-refractivity contribution < 1.29 is 9.53 Å². The fourth-order valence-electron chi connectivity index (χ4n) is 1.77. The van der Waals surface area contributed by atoms with Crippen LogP contribution in [-0.4, -0.2) is 29.9 Å². The van der Waals surface area contributed by atoms with E-state index in [1.807, 2.05) is 20.8 Å². The summed E-state index contributed by atoms with van der Waals surface area (Å²) in [7, 11) is 0. The molecule has 1 unspecified atom stereocenters. The molecule has 15 heavy (non-hydrogen) atoms. The third-order valence-corrected chi connectivity index (χ3v) is 2.43. The maximum atomic E-state index is 10.7. The molecule has 0 radical (unpaired) electrons. The first-order valence-corrected chi connectivity index (χ1v) is 5.50. The SMILES string of the molecule is C=C(OC(C)(C)C)N1CCCC(C=O)C1. The minimum absolute atomic E-state index is 0.138. The quantitative estimate of drug-likeness (QED) is 0.529. The molecule has 1 aliphatic heterocycles. The molecule has 1 aliphatic rings. The van der Waals surface area contributed by atoms with Crippen LogP contribution in [0.3, 0.4) is 0 Å². The number of piperidine rings is 1. The van der Waals surface area contributed by atoms with Gasteiger partial charge in [-0.25, -0.2) is 0 Å². The Bertz CT molecular complexity index is 242. The molecule has 0 saturated carbocycles. The molecule has 1 rings (SSSR count). The van der Waals surface area contributed by atoms with Crippen molar-refractivity contribution in [2.45, 2.75) is 39.2 Å². The lowest BCUT2D eigenvalue weighted by molar-refractivity contribution is -0.112. The number of carbonyl (C=O) groups excluding carboxylic acids is 1. The van der Waals surface area contributed by atoms with Gasteiger partial charge >= 0.3 is 0 Å². The molecule has 0 aromatic carbocycles. The first kappa shape index (κ1) is 12.1. The van der Waals surface area contributed by atoms with Crippen LogP contribution in [0.5, 0.6) is 0 Å². The lowest BCUT2D eigenvalue weighted by Crippen LogP contribution is -2.37. The van der Waals surface area contributed by atoms with E-state index >= 15 is 0 Å². The zero-order valence-corrected chi connectivity index (χ0v) is 9.95. The Labute approximate surface area is 92.1 Å². The van der Waals surface area contributed by atoms with E-state index in [2.05, 4.69) is 11.5 Å². The first-order valence-electron chi connectivity index (χ1n) is 5.50. The molecule has 0 spiro atoms. The minimum atomic E-state index is -0.217. The second-order valence-electron chi connectivity index (χ2n) is 5.09. The van der Waals surface area contributed by atoms with Crippen LogP contribution in [0.2, 0.25) is 0 Å². The summed E-state index contributed by atoms with van der Waals surface area (Å²) in [6, 6.07) is 0. The molecule has 0 bridgehead atoms. The van der Waals surface area contributed by atoms with Crippen molar-refractivity contribution in [3.63, 3.8) is 0 Å². The summed E-state index contributed by atoms with van der Waals surface area (Å²) in [4.78, 5) is 12.8. The molecule has 0 N–H and O–H groups in total. The van der Waals surface area contributed by atoms with Crippen molar-refractivity contribution >= 4 is 6.29 Å². The van der Waals surface area contributed by atoms with Gasteiger partial charge in [-0.05, 0) is 40.2 Å². The van der Waals surface area contributed by atoms with Crippen LogP contribution in [0.15, 0.2) is 12.5 Å². The van der Waals surface area contributed by atoms with Crippen LogP contribution in [0, 0.1) is 5.92 Å². The van der Waals surface area contributed by atoms with Crippen molar-refractivity contribution in [1.29, 1.82) is 0 Å². The van der Waals surface area contributed by atoms with Gasteiger partial charge in [-0.3, -0.25) is 0 Å². The van der Waals surface area contributed by atoms with Crippen molar-refractivity contribution in [3.8, 4) is 0 Å². The summed E-state index contributed by atoms with van der Waals surface area (Å²) >= 11 is 0. The van der Waals surface area contributed by atoms with Gasteiger partial charge in [0.15, 0.2) is 5.88 Å². The van der Waals surface area contributed by atoms with Gasteiger partial charge in [0, 0.05) is 19.0 Å². The highest BCUT2D eigenvalue weighted by Gasteiger charge is 2.23. The lowest BCUT2D eigenvalue weighted by atomic mass is 10.00. The van der Waals surface area contributed by atoms with Gasteiger partial charge in [0.1, 0.15) is 11.9 Å². The smallest absolute Gasteiger partial charge is 0.182 e. The number of aldehydes is 1. The number of carbonyl (C=O) groups is 1. The summed E-state index contributed by atoms with van der Waals surface area (Å²) in [5.74, 6) is 0.827. The number of hydrogen-bond donors (Lipinski definition) is 0. The van der Waals surface area contributed by atoms with Gasteiger partial charge in [-0.15, -0.1) is 0 Å². The number of hydrogen-bond acceptors (Lipinski definition) is 3. The second-order valence-corrected chi connectivity index (χ2v) is 5.09. The first-order chi connectivity index (χ1) is 6.92. The number of likely N-dealkylation sites (tertiary alicyclic amines) is 1. The molecule has 3 heteroatoms. The highest BCUT2D eigenvalue weighted by molar-refractivity contribution is 5.54. The van der Waals surface area contributed by atoms with E-state index in [4.69, 9.17) is 4.74 Å². The molecule has 0 aromatic heterocycles. The van der Waals surface area contributed by atoms with Crippen LogP contribution in [-0.2, 0) is 9.53 Å². The van der Waals surface area contributed by atoms with E-state index in [1.54, 1.807) is 0 Å². The summed E-state index contributed by atoms with van der Waals surface area (Å²) in [6.07, 6.45) is 3.06. The third kappa shape index (κ3) is 3.94. The molecule has 86 valence electrons. The lowest BCUT2D eigenvalue weighted by Gasteiger charge is -2.35. The topological polar surface area (TPSA) is 29.5 Å². The predicted molar refractivity (Wildman–Crippen MR) is 60.3 cm³/mol. The van der Waals surface area contributed by atoms with E-state index in [-0.39, 0.29) is 11.5 Å². The van der Waals surface area contributed by atoms with Crippen LogP contribution in [0.4, 0.5) is 0 Å². The fourth-order valence-corrected chi connectivity index (χ4v) is 1.77. The van der Waals surface area contributed by atoms with Gasteiger partial charge in [-0.1, -0.05) is 0 Å². The average Bonchev–Trinajstić information content (AvgIpc) is 2.15. The molecule has 0 aromatic rings. The van der Waals surface area contributed by atoms with E-state index in [1.165, 1.54) is 0 Å². The Morgan fingerprint density at radius 1 is 1.53 bits per heavy atom. The number of nitrogens with zero attached hydrogens (tertiary/aromatic N) is 1. The van der Waals surface area contributed by atoms with Gasteiger partial charge in [0.05, 0.1) is 0 Å². The maximum absolute atomic E-state index is 10.7. The van der Waals surface area contributed by atoms with E-state index in [9.17, 15) is 4.79 Å². The van der Waals surface area contributed by atoms with Crippen molar-refractivity contribution in [2.24, 2.45) is 5.92 Å². The van der Waals surface area contributed by atoms with Gasteiger partial charge in [-0.2, -0.15) is 0 Å². The molecular formula is C12H21NO2. The van der Waals surface area contributed by atoms with Crippen LogP contribution >= 0.6 is 0 Å². The second kappa shape index (κ2) is 4.69. The third-order valence-electron chi connectivity index (χ3n) is 2.43. The Kier molecular flexibility index (Phi) is 3.77. The molecule has 1 saturated heterocycles. The fraction of sp³-hybridized carbons (Fsp3) is 0.750. The van der Waals surface area contributed by atoms with Gasteiger partial charge < -0.3 is 14.4 Å². The molecule has 0 aliphatic carbocycles. The number of rotatable bonds is 3. The van der Waals surface area contributed by atoms with Gasteiger partial charge in [0.25, 0.3) is 0 Å². The Balaban J connectivity index is 2.49. The summed E-state index contributed by atoms with van der Waals surface area (Å²) in [6.45, 7) is 11.6. The van der Waals surface area contributed by atoms with E-state index in [0.29, 0.717) is 5.88 Å². The zero-order valence-electron chi connectivity index (χ0n) is 9.95. The largest absolute Gasteiger partial charge is 0.474 e. The molecule has 1 fully saturated rings. The predicted octanol–water partition coefficient (Wildman–Crippen LogP) is 2.18. The van der Waals surface area contributed by atoms with Crippen LogP contribution in [0.1, 0.15) is 33.6 Å². The summed E-state index contributed by atoms with van der Waals surface area (Å²) in [5, 5.41) is 0. The minimum Gasteiger partial charge on any atom is -0.474 e. The molecule has 1 heterocycles. The number of ether oxygens (including phenoxy) is 1. The maximum Gasteiger partial charge on any atom is 0.182 e. The monoisotopic (exact) mass is 211 g/mol. The van der Waals surface area contributed by atoms with Crippen LogP contribution in [0.25, 0.3) is 0 Å². The Morgan fingerprint density at radius 2 is 2.20 bits per heavy atom. The van der Waals surface area contributed by atoms with Crippen molar-refractivity contribution in [1.82, 2.24) is 4.90 Å². The molecular weight excluding hydrogens is 190 g/mol. The highest BCUT2D eigenvalue weighted by atomic mass is 16.5. The molecule has 3 nitrogen and oxygen atoms in total. The average molecular weight is 211 g/mol. The Hall–Kier alpha value is -0.990. The van der Waals surface area contributed by atoms with Crippen molar-refractivity contribution in [3.05, 3.63) is 12.5 Å². The molecule has 0 amide bonds.